The van der Waals surface area contributed by atoms with E-state index in [1.54, 1.807) is 10.4 Å². The van der Waals surface area contributed by atoms with Gasteiger partial charge in [0.05, 0.1) is 8.07 Å². The van der Waals surface area contributed by atoms with Gasteiger partial charge < -0.3 is 0 Å². The molecule has 0 nitrogen and oxygen atoms in total. The van der Waals surface area contributed by atoms with Gasteiger partial charge in [-0.3, -0.25) is 0 Å². The highest BCUT2D eigenvalue weighted by Crippen LogP contribution is 2.59. The van der Waals surface area contributed by atoms with Gasteiger partial charge in [0.1, 0.15) is 8.07 Å². The molecule has 4 aromatic carbocycles. The van der Waals surface area contributed by atoms with Gasteiger partial charge >= 0.3 is 0 Å². The minimum absolute atomic E-state index is 1.14. The van der Waals surface area contributed by atoms with Crippen molar-refractivity contribution in [2.45, 2.75) is 81.7 Å². The maximum atomic E-state index is 3.86. The zero-order valence-electron chi connectivity index (χ0n) is 31.3. The Kier molecular flexibility index (Phi) is 16.6. The summed E-state index contributed by atoms with van der Waals surface area (Å²) in [4.78, 5) is 0. The SMILES string of the molecule is CCCC[Si]1(CCC[Si](CCCBr)(CCCSC)CCCSC)C(c2ccccc2)=C(c2ccccc2)C(c2ccccc2)=C1c1ccccc1. The lowest BCUT2D eigenvalue weighted by atomic mass is 9.89. The highest BCUT2D eigenvalue weighted by atomic mass is 79.9. The Morgan fingerprint density at radius 2 is 0.863 bits per heavy atom. The standard InChI is InChI=1S/C46H59BrS2Si2/c1-4-5-37-51(38-21-36-50(33-18-30-47,34-19-31-48-2)35-20-32-49-3)45(41-26-14-8-15-27-41)43(39-22-10-6-11-23-39)44(40-24-12-7-13-25-40)46(51)42-28-16-9-17-29-42/h6-17,22-29H,4-5,18-21,30-38H2,1-3H3. The van der Waals surface area contributed by atoms with E-state index in [1.807, 2.05) is 23.5 Å². The zero-order chi connectivity index (χ0) is 35.8. The van der Waals surface area contributed by atoms with Crippen LogP contribution in [0.25, 0.3) is 21.5 Å². The van der Waals surface area contributed by atoms with Crippen molar-refractivity contribution >= 4 is 77.1 Å². The number of thioether (sulfide) groups is 2. The van der Waals surface area contributed by atoms with Crippen LogP contribution in [0, 0.1) is 0 Å². The summed E-state index contributed by atoms with van der Waals surface area (Å²) in [6.07, 6.45) is 12.6. The van der Waals surface area contributed by atoms with Crippen LogP contribution in [-0.4, -0.2) is 45.5 Å². The molecule has 0 saturated heterocycles. The van der Waals surface area contributed by atoms with Gasteiger partial charge in [-0.2, -0.15) is 23.5 Å². The van der Waals surface area contributed by atoms with Crippen LogP contribution in [0.4, 0.5) is 0 Å². The van der Waals surface area contributed by atoms with E-state index in [4.69, 9.17) is 0 Å². The van der Waals surface area contributed by atoms with Crippen LogP contribution in [0.2, 0.25) is 36.3 Å². The normalized spacial score (nSPS) is 14.4. The third kappa shape index (κ3) is 10.1. The smallest absolute Gasteiger partial charge is 0.121 e. The van der Waals surface area contributed by atoms with Crippen molar-refractivity contribution in [2.24, 2.45) is 0 Å². The van der Waals surface area contributed by atoms with Gasteiger partial charge in [0.2, 0.25) is 0 Å². The molecule has 0 aliphatic carbocycles. The van der Waals surface area contributed by atoms with Crippen LogP contribution in [0.3, 0.4) is 0 Å². The van der Waals surface area contributed by atoms with E-state index < -0.39 is 16.1 Å². The van der Waals surface area contributed by atoms with Gasteiger partial charge in [-0.15, -0.1) is 0 Å². The number of hydrogen-bond donors (Lipinski definition) is 0. The van der Waals surface area contributed by atoms with E-state index in [0.717, 1.165) is 5.33 Å². The van der Waals surface area contributed by atoms with Crippen LogP contribution >= 0.6 is 39.5 Å². The largest absolute Gasteiger partial charge is 0.165 e. The molecule has 0 atom stereocenters. The topological polar surface area (TPSA) is 0 Å². The molecule has 1 heterocycles. The quantitative estimate of drug-likeness (QED) is 0.0440. The maximum absolute atomic E-state index is 3.86. The maximum Gasteiger partial charge on any atom is 0.121 e. The summed E-state index contributed by atoms with van der Waals surface area (Å²) in [6.45, 7) is 2.40. The fraction of sp³-hybridized carbons (Fsp3) is 0.391. The van der Waals surface area contributed by atoms with Gasteiger partial charge in [0.25, 0.3) is 0 Å². The second-order valence-corrected chi connectivity index (χ2v) is 26.4. The highest BCUT2D eigenvalue weighted by molar-refractivity contribution is 9.09. The Hall–Kier alpha value is -2.03. The molecule has 0 fully saturated rings. The zero-order valence-corrected chi connectivity index (χ0v) is 36.6. The van der Waals surface area contributed by atoms with Gasteiger partial charge in [-0.1, -0.05) is 188 Å². The minimum atomic E-state index is -2.33. The first-order chi connectivity index (χ1) is 25.1. The van der Waals surface area contributed by atoms with Crippen molar-refractivity contribution in [1.29, 1.82) is 0 Å². The molecule has 0 radical (unpaired) electrons. The fourth-order valence-corrected chi connectivity index (χ4v) is 22.8. The van der Waals surface area contributed by atoms with E-state index >= 15 is 0 Å². The summed E-state index contributed by atoms with van der Waals surface area (Å²) in [5, 5.41) is 4.53. The molecular weight excluding hydrogens is 753 g/mol. The molecule has 0 spiro atoms. The lowest BCUT2D eigenvalue weighted by Crippen LogP contribution is -2.39. The molecule has 0 N–H and O–H groups in total. The molecule has 5 heteroatoms. The predicted octanol–water partition coefficient (Wildman–Crippen LogP) is 14.7. The second kappa shape index (κ2) is 21.0. The molecule has 4 aromatic rings. The molecule has 0 unspecified atom stereocenters. The average Bonchev–Trinajstić information content (AvgIpc) is 3.48. The minimum Gasteiger partial charge on any atom is -0.165 e. The monoisotopic (exact) mass is 810 g/mol. The number of rotatable bonds is 22. The van der Waals surface area contributed by atoms with E-state index in [-0.39, 0.29) is 0 Å². The van der Waals surface area contributed by atoms with Crippen molar-refractivity contribution in [2.75, 3.05) is 29.3 Å². The Morgan fingerprint density at radius 1 is 0.490 bits per heavy atom. The lowest BCUT2D eigenvalue weighted by Gasteiger charge is -2.38. The Labute approximate surface area is 329 Å². The lowest BCUT2D eigenvalue weighted by molar-refractivity contribution is 0.856. The van der Waals surface area contributed by atoms with Crippen molar-refractivity contribution in [3.8, 4) is 0 Å². The van der Waals surface area contributed by atoms with Gasteiger partial charge in [0, 0.05) is 5.33 Å². The Balaban J connectivity index is 1.75. The Morgan fingerprint density at radius 3 is 1.25 bits per heavy atom. The van der Waals surface area contributed by atoms with Gasteiger partial charge in [-0.25, -0.2) is 0 Å². The summed E-state index contributed by atoms with van der Waals surface area (Å²) in [7, 11) is -3.79. The van der Waals surface area contributed by atoms with E-state index in [0.29, 0.717) is 0 Å². The number of hydrogen-bond acceptors (Lipinski definition) is 2. The Bertz CT molecular complexity index is 1550. The third-order valence-electron chi connectivity index (χ3n) is 11.2. The molecule has 1 aliphatic heterocycles. The van der Waals surface area contributed by atoms with Crippen LogP contribution in [0.1, 0.15) is 67.7 Å². The molecule has 0 saturated carbocycles. The molecule has 270 valence electrons. The van der Waals surface area contributed by atoms with E-state index in [2.05, 4.69) is 157 Å². The van der Waals surface area contributed by atoms with Crippen LogP contribution in [0.15, 0.2) is 121 Å². The van der Waals surface area contributed by atoms with Crippen molar-refractivity contribution in [3.05, 3.63) is 144 Å². The summed E-state index contributed by atoms with van der Waals surface area (Å²) in [6, 6.07) is 54.7. The second-order valence-electron chi connectivity index (χ2n) is 14.5. The molecule has 51 heavy (non-hydrogen) atoms. The first-order valence-electron chi connectivity index (χ1n) is 19.4. The number of alkyl halides is 1. The average molecular weight is 812 g/mol. The van der Waals surface area contributed by atoms with E-state index in [1.165, 1.54) is 120 Å². The molecular formula is C46H59BrS2Si2. The summed E-state index contributed by atoms with van der Waals surface area (Å²) in [5.41, 5.74) is 8.62. The van der Waals surface area contributed by atoms with Crippen LogP contribution in [0.5, 0.6) is 0 Å². The molecule has 0 amide bonds. The first-order valence-corrected chi connectivity index (χ1v) is 28.5. The van der Waals surface area contributed by atoms with E-state index in [9.17, 15) is 0 Å². The summed E-state index contributed by atoms with van der Waals surface area (Å²) < 4.78 is 0. The van der Waals surface area contributed by atoms with Gasteiger partial charge in [0.15, 0.2) is 0 Å². The predicted molar refractivity (Wildman–Crippen MR) is 244 cm³/mol. The highest BCUT2D eigenvalue weighted by Gasteiger charge is 2.49. The van der Waals surface area contributed by atoms with Crippen molar-refractivity contribution in [1.82, 2.24) is 0 Å². The summed E-state index contributed by atoms with van der Waals surface area (Å²) >= 11 is 7.94. The van der Waals surface area contributed by atoms with Gasteiger partial charge in [-0.05, 0) is 99.2 Å². The third-order valence-corrected chi connectivity index (χ3v) is 24.2. The van der Waals surface area contributed by atoms with Crippen LogP contribution in [-0.2, 0) is 0 Å². The molecule has 1 aliphatic rings. The number of allylic oxidation sites excluding steroid dienone is 2. The van der Waals surface area contributed by atoms with Crippen molar-refractivity contribution < 1.29 is 0 Å². The fourth-order valence-electron chi connectivity index (χ4n) is 8.93. The molecule has 5 rings (SSSR count). The van der Waals surface area contributed by atoms with Crippen LogP contribution < -0.4 is 0 Å². The molecule has 0 bridgehead atoms. The number of benzene rings is 4. The first kappa shape index (κ1) is 40.2. The van der Waals surface area contributed by atoms with Crippen molar-refractivity contribution in [3.63, 3.8) is 0 Å². The summed E-state index contributed by atoms with van der Waals surface area (Å²) in [5.74, 6) is 2.62. The number of unbranched alkanes of at least 4 members (excludes halogenated alkanes) is 1. The molecule has 0 aromatic heterocycles. The number of halogens is 1.